The van der Waals surface area contributed by atoms with Gasteiger partial charge in [0.25, 0.3) is 0 Å². The van der Waals surface area contributed by atoms with Gasteiger partial charge in [-0.3, -0.25) is 0 Å². The van der Waals surface area contributed by atoms with Crippen molar-refractivity contribution < 1.29 is 4.74 Å². The minimum Gasteiger partial charge on any atom is -0.496 e. The molecule has 0 spiro atoms. The Morgan fingerprint density at radius 3 is 2.76 bits per heavy atom. The first-order valence-electron chi connectivity index (χ1n) is 5.37. The molecule has 0 fully saturated rings. The van der Waals surface area contributed by atoms with E-state index in [1.165, 1.54) is 0 Å². The SMILES string of the molecule is COc1ccc(Cl)cc1-c1nncn1C(C)C. The zero-order valence-electron chi connectivity index (χ0n) is 10.0. The number of halogens is 1. The summed E-state index contributed by atoms with van der Waals surface area (Å²) in [6, 6.07) is 5.74. The van der Waals surface area contributed by atoms with Gasteiger partial charge in [0, 0.05) is 11.1 Å². The molecule has 2 aromatic rings. The predicted molar refractivity (Wildman–Crippen MR) is 67.4 cm³/mol. The van der Waals surface area contributed by atoms with Crippen molar-refractivity contribution in [3.8, 4) is 17.1 Å². The van der Waals surface area contributed by atoms with Crippen molar-refractivity contribution in [2.75, 3.05) is 7.11 Å². The molecule has 0 amide bonds. The summed E-state index contributed by atoms with van der Waals surface area (Å²) in [5, 5.41) is 8.72. The number of hydrogen-bond acceptors (Lipinski definition) is 3. The Bertz CT molecular complexity index is 522. The van der Waals surface area contributed by atoms with Crippen LogP contribution in [0.25, 0.3) is 11.4 Å². The highest BCUT2D eigenvalue weighted by atomic mass is 35.5. The molecule has 0 aliphatic heterocycles. The number of nitrogens with zero attached hydrogens (tertiary/aromatic N) is 3. The van der Waals surface area contributed by atoms with E-state index in [1.54, 1.807) is 19.5 Å². The number of methoxy groups -OCH3 is 1. The van der Waals surface area contributed by atoms with Gasteiger partial charge < -0.3 is 9.30 Å². The first-order valence-corrected chi connectivity index (χ1v) is 5.74. The van der Waals surface area contributed by atoms with Crippen molar-refractivity contribution in [2.24, 2.45) is 0 Å². The smallest absolute Gasteiger partial charge is 0.167 e. The lowest BCUT2D eigenvalue weighted by Crippen LogP contribution is -2.02. The molecule has 0 saturated carbocycles. The van der Waals surface area contributed by atoms with Gasteiger partial charge in [0.05, 0.1) is 12.7 Å². The van der Waals surface area contributed by atoms with Gasteiger partial charge in [0.2, 0.25) is 0 Å². The highest BCUT2D eigenvalue weighted by molar-refractivity contribution is 6.30. The lowest BCUT2D eigenvalue weighted by molar-refractivity contribution is 0.415. The summed E-state index contributed by atoms with van der Waals surface area (Å²) in [5.41, 5.74) is 0.853. The Balaban J connectivity index is 2.59. The van der Waals surface area contributed by atoms with Crippen molar-refractivity contribution in [1.29, 1.82) is 0 Å². The quantitative estimate of drug-likeness (QED) is 0.841. The van der Waals surface area contributed by atoms with Crippen molar-refractivity contribution in [3.63, 3.8) is 0 Å². The fraction of sp³-hybridized carbons (Fsp3) is 0.333. The Hall–Kier alpha value is -1.55. The second-order valence-electron chi connectivity index (χ2n) is 4.00. The minimum atomic E-state index is 0.281. The zero-order chi connectivity index (χ0) is 12.4. The molecule has 0 saturated heterocycles. The molecule has 0 N–H and O–H groups in total. The standard InChI is InChI=1S/C12H14ClN3O/c1-8(2)16-7-14-15-12(16)10-6-9(13)4-5-11(10)17-3/h4-8H,1-3H3. The largest absolute Gasteiger partial charge is 0.496 e. The summed E-state index contributed by atoms with van der Waals surface area (Å²) >= 11 is 6.01. The minimum absolute atomic E-state index is 0.281. The average Bonchev–Trinajstić information content (AvgIpc) is 2.77. The molecule has 0 aliphatic carbocycles. The lowest BCUT2D eigenvalue weighted by atomic mass is 10.2. The van der Waals surface area contributed by atoms with Gasteiger partial charge in [-0.2, -0.15) is 0 Å². The predicted octanol–water partition coefficient (Wildman–Crippen LogP) is 3.19. The number of aromatic nitrogens is 3. The Morgan fingerprint density at radius 1 is 1.35 bits per heavy atom. The summed E-state index contributed by atoms with van der Waals surface area (Å²) in [6.07, 6.45) is 1.71. The summed E-state index contributed by atoms with van der Waals surface area (Å²) in [4.78, 5) is 0. The van der Waals surface area contributed by atoms with E-state index in [1.807, 2.05) is 16.7 Å². The van der Waals surface area contributed by atoms with Crippen molar-refractivity contribution >= 4 is 11.6 Å². The summed E-state index contributed by atoms with van der Waals surface area (Å²) in [7, 11) is 1.63. The van der Waals surface area contributed by atoms with Crippen molar-refractivity contribution in [3.05, 3.63) is 29.5 Å². The maximum Gasteiger partial charge on any atom is 0.167 e. The summed E-state index contributed by atoms with van der Waals surface area (Å²) < 4.78 is 7.30. The van der Waals surface area contributed by atoms with E-state index in [0.717, 1.165) is 17.1 Å². The molecule has 1 aromatic carbocycles. The van der Waals surface area contributed by atoms with Gasteiger partial charge in [-0.25, -0.2) is 0 Å². The summed E-state index contributed by atoms with van der Waals surface area (Å²) in [6.45, 7) is 4.15. The number of hydrogen-bond donors (Lipinski definition) is 0. The second-order valence-corrected chi connectivity index (χ2v) is 4.44. The maximum atomic E-state index is 6.01. The van der Waals surface area contributed by atoms with Crippen LogP contribution in [0.15, 0.2) is 24.5 Å². The first kappa shape index (κ1) is 11.9. The molecule has 1 aromatic heterocycles. The molecule has 90 valence electrons. The fourth-order valence-electron chi connectivity index (χ4n) is 1.67. The van der Waals surface area contributed by atoms with Crippen LogP contribution < -0.4 is 4.74 Å². The van der Waals surface area contributed by atoms with E-state index >= 15 is 0 Å². The van der Waals surface area contributed by atoms with Gasteiger partial charge in [0.15, 0.2) is 5.82 Å². The monoisotopic (exact) mass is 251 g/mol. The van der Waals surface area contributed by atoms with Gasteiger partial charge in [-0.1, -0.05) is 11.6 Å². The molecule has 2 rings (SSSR count). The topological polar surface area (TPSA) is 39.9 Å². The molecule has 5 heteroatoms. The molecule has 0 radical (unpaired) electrons. The van der Waals surface area contributed by atoms with Gasteiger partial charge in [0.1, 0.15) is 12.1 Å². The van der Waals surface area contributed by atoms with Gasteiger partial charge in [-0.15, -0.1) is 10.2 Å². The molecule has 0 unspecified atom stereocenters. The Morgan fingerprint density at radius 2 is 2.12 bits per heavy atom. The highest BCUT2D eigenvalue weighted by Crippen LogP contribution is 2.32. The third kappa shape index (κ3) is 2.26. The number of ether oxygens (including phenoxy) is 1. The lowest BCUT2D eigenvalue weighted by Gasteiger charge is -2.12. The van der Waals surface area contributed by atoms with Crippen LogP contribution in [0, 0.1) is 0 Å². The van der Waals surface area contributed by atoms with Crippen LogP contribution in [0.2, 0.25) is 5.02 Å². The van der Waals surface area contributed by atoms with Crippen LogP contribution in [0.4, 0.5) is 0 Å². The van der Waals surface area contributed by atoms with E-state index in [4.69, 9.17) is 16.3 Å². The number of rotatable bonds is 3. The van der Waals surface area contributed by atoms with E-state index < -0.39 is 0 Å². The van der Waals surface area contributed by atoms with Gasteiger partial charge >= 0.3 is 0 Å². The summed E-state index contributed by atoms with van der Waals surface area (Å²) in [5.74, 6) is 1.50. The van der Waals surface area contributed by atoms with E-state index in [0.29, 0.717) is 5.02 Å². The van der Waals surface area contributed by atoms with E-state index in [2.05, 4.69) is 24.0 Å². The van der Waals surface area contributed by atoms with E-state index in [9.17, 15) is 0 Å². The molecule has 1 heterocycles. The molecular weight excluding hydrogens is 238 g/mol. The molecule has 0 atom stereocenters. The van der Waals surface area contributed by atoms with Crippen LogP contribution in [0.5, 0.6) is 5.75 Å². The third-order valence-electron chi connectivity index (χ3n) is 2.53. The second kappa shape index (κ2) is 4.75. The Labute approximate surface area is 105 Å². The molecule has 17 heavy (non-hydrogen) atoms. The number of benzene rings is 1. The van der Waals surface area contributed by atoms with E-state index in [-0.39, 0.29) is 6.04 Å². The average molecular weight is 252 g/mol. The molecule has 0 bridgehead atoms. The Kier molecular flexibility index (Phi) is 3.33. The van der Waals surface area contributed by atoms with Gasteiger partial charge in [-0.05, 0) is 32.0 Å². The van der Waals surface area contributed by atoms with Crippen LogP contribution in [-0.2, 0) is 0 Å². The molecule has 0 aliphatic rings. The normalized spacial score (nSPS) is 10.9. The zero-order valence-corrected chi connectivity index (χ0v) is 10.8. The third-order valence-corrected chi connectivity index (χ3v) is 2.77. The van der Waals surface area contributed by atoms with Crippen LogP contribution in [0.3, 0.4) is 0 Å². The van der Waals surface area contributed by atoms with Crippen LogP contribution >= 0.6 is 11.6 Å². The van der Waals surface area contributed by atoms with Crippen molar-refractivity contribution in [1.82, 2.24) is 14.8 Å². The molecular formula is C12H14ClN3O. The van der Waals surface area contributed by atoms with Crippen molar-refractivity contribution in [2.45, 2.75) is 19.9 Å². The first-order chi connectivity index (χ1) is 8.13. The maximum absolute atomic E-state index is 6.01. The van der Waals surface area contributed by atoms with Crippen LogP contribution in [-0.4, -0.2) is 21.9 Å². The van der Waals surface area contributed by atoms with Crippen LogP contribution in [0.1, 0.15) is 19.9 Å². The highest BCUT2D eigenvalue weighted by Gasteiger charge is 2.14. The molecule has 4 nitrogen and oxygen atoms in total. The fourth-order valence-corrected chi connectivity index (χ4v) is 1.84.